The first-order valence-electron chi connectivity index (χ1n) is 7.24. The third kappa shape index (κ3) is 4.39. The van der Waals surface area contributed by atoms with E-state index < -0.39 is 0 Å². The Balaban J connectivity index is 2.84. The smallest absolute Gasteiger partial charge is 0.165 e. The normalized spacial score (nSPS) is 13.8. The largest absolute Gasteiger partial charge is 0.493 e. The summed E-state index contributed by atoms with van der Waals surface area (Å²) >= 11 is 0. The Hall–Kier alpha value is -1.26. The second-order valence-corrected chi connectivity index (χ2v) is 5.12. The van der Waals surface area contributed by atoms with E-state index in [2.05, 4.69) is 19.2 Å². The quantitative estimate of drug-likeness (QED) is 0.731. The predicted molar refractivity (Wildman–Crippen MR) is 81.4 cm³/mol. The maximum atomic E-state index is 9.16. The zero-order valence-electron chi connectivity index (χ0n) is 13.0. The van der Waals surface area contributed by atoms with Crippen molar-refractivity contribution in [2.24, 2.45) is 0 Å². The van der Waals surface area contributed by atoms with Crippen molar-refractivity contribution in [2.75, 3.05) is 20.3 Å². The van der Waals surface area contributed by atoms with Gasteiger partial charge in [-0.25, -0.2) is 0 Å². The van der Waals surface area contributed by atoms with E-state index in [4.69, 9.17) is 14.6 Å². The van der Waals surface area contributed by atoms with Crippen molar-refractivity contribution in [2.45, 2.75) is 45.7 Å². The molecule has 1 aromatic carbocycles. The lowest BCUT2D eigenvalue weighted by atomic mass is 9.94. The van der Waals surface area contributed by atoms with Gasteiger partial charge in [-0.2, -0.15) is 0 Å². The number of hydrogen-bond donors (Lipinski definition) is 2. The second kappa shape index (κ2) is 8.12. The van der Waals surface area contributed by atoms with Crippen molar-refractivity contribution in [1.29, 1.82) is 0 Å². The van der Waals surface area contributed by atoms with Gasteiger partial charge in [0, 0.05) is 24.3 Å². The topological polar surface area (TPSA) is 50.7 Å². The fourth-order valence-corrected chi connectivity index (χ4v) is 2.15. The highest BCUT2D eigenvalue weighted by molar-refractivity contribution is 5.46. The van der Waals surface area contributed by atoms with Gasteiger partial charge in [0.2, 0.25) is 0 Å². The first-order valence-corrected chi connectivity index (χ1v) is 7.24. The molecule has 0 aliphatic carbocycles. The number of aliphatic hydroxyl groups is 1. The average molecular weight is 281 g/mol. The van der Waals surface area contributed by atoms with Crippen LogP contribution in [0.3, 0.4) is 0 Å². The molecule has 0 radical (unpaired) electrons. The fraction of sp³-hybridized carbons (Fsp3) is 0.625. The molecule has 0 aromatic heterocycles. The van der Waals surface area contributed by atoms with Crippen molar-refractivity contribution in [3.05, 3.63) is 23.8 Å². The van der Waals surface area contributed by atoms with Crippen molar-refractivity contribution in [1.82, 2.24) is 5.32 Å². The first kappa shape index (κ1) is 16.8. The summed E-state index contributed by atoms with van der Waals surface area (Å²) in [4.78, 5) is 0. The van der Waals surface area contributed by atoms with Crippen LogP contribution in [0.5, 0.6) is 11.5 Å². The molecule has 0 aliphatic rings. The van der Waals surface area contributed by atoms with Gasteiger partial charge in [0.1, 0.15) is 0 Å². The highest BCUT2D eigenvalue weighted by atomic mass is 16.5. The zero-order valence-corrected chi connectivity index (χ0v) is 13.0. The lowest BCUT2D eigenvalue weighted by molar-refractivity contribution is 0.214. The minimum Gasteiger partial charge on any atom is -0.493 e. The van der Waals surface area contributed by atoms with Crippen molar-refractivity contribution >= 4 is 0 Å². The molecule has 20 heavy (non-hydrogen) atoms. The van der Waals surface area contributed by atoms with Crippen molar-refractivity contribution in [3.8, 4) is 11.5 Å². The van der Waals surface area contributed by atoms with Crippen LogP contribution in [0, 0.1) is 0 Å². The summed E-state index contributed by atoms with van der Waals surface area (Å²) in [5, 5.41) is 12.7. The Kier molecular flexibility index (Phi) is 6.82. The molecule has 1 aromatic rings. The standard InChI is InChI=1S/C16H27NO3/c1-5-16(3,10-11-18)17-12-13-8-7-9-14(20-6-2)15(13)19-4/h7-9,17-18H,5-6,10-12H2,1-4H3. The average Bonchev–Trinajstić information content (AvgIpc) is 2.46. The van der Waals surface area contributed by atoms with Gasteiger partial charge in [0.15, 0.2) is 11.5 Å². The van der Waals surface area contributed by atoms with Crippen LogP contribution in [0.1, 0.15) is 39.2 Å². The molecule has 1 atom stereocenters. The van der Waals surface area contributed by atoms with Crippen LogP contribution in [0.25, 0.3) is 0 Å². The van der Waals surface area contributed by atoms with E-state index in [-0.39, 0.29) is 12.1 Å². The maximum Gasteiger partial charge on any atom is 0.165 e. The highest BCUT2D eigenvalue weighted by Gasteiger charge is 2.21. The van der Waals surface area contributed by atoms with Crippen LogP contribution in [-0.2, 0) is 6.54 Å². The van der Waals surface area contributed by atoms with E-state index in [1.165, 1.54) is 0 Å². The van der Waals surface area contributed by atoms with Gasteiger partial charge in [-0.1, -0.05) is 19.1 Å². The number of benzene rings is 1. The molecule has 0 bridgehead atoms. The van der Waals surface area contributed by atoms with E-state index in [1.54, 1.807) is 7.11 Å². The lowest BCUT2D eigenvalue weighted by Crippen LogP contribution is -2.42. The number of ether oxygens (including phenoxy) is 2. The van der Waals surface area contributed by atoms with Gasteiger partial charge < -0.3 is 19.9 Å². The Morgan fingerprint density at radius 3 is 2.60 bits per heavy atom. The van der Waals surface area contributed by atoms with E-state index in [1.807, 2.05) is 25.1 Å². The first-order chi connectivity index (χ1) is 9.60. The van der Waals surface area contributed by atoms with Gasteiger partial charge in [0.05, 0.1) is 13.7 Å². The minimum absolute atomic E-state index is 0.0681. The molecular formula is C16H27NO3. The van der Waals surface area contributed by atoms with Crippen molar-refractivity contribution in [3.63, 3.8) is 0 Å². The second-order valence-electron chi connectivity index (χ2n) is 5.12. The lowest BCUT2D eigenvalue weighted by Gasteiger charge is -2.29. The highest BCUT2D eigenvalue weighted by Crippen LogP contribution is 2.31. The minimum atomic E-state index is -0.0681. The van der Waals surface area contributed by atoms with Crippen LogP contribution >= 0.6 is 0 Å². The molecule has 1 unspecified atom stereocenters. The molecule has 2 N–H and O–H groups in total. The third-order valence-electron chi connectivity index (χ3n) is 3.71. The molecule has 0 amide bonds. The molecule has 0 saturated heterocycles. The predicted octanol–water partition coefficient (Wildman–Crippen LogP) is 2.73. The van der Waals surface area contributed by atoms with Crippen LogP contribution < -0.4 is 14.8 Å². The number of aliphatic hydroxyl groups excluding tert-OH is 1. The molecule has 4 heteroatoms. The molecule has 0 fully saturated rings. The van der Waals surface area contributed by atoms with E-state index in [0.29, 0.717) is 13.2 Å². The van der Waals surface area contributed by atoms with E-state index in [9.17, 15) is 0 Å². The summed E-state index contributed by atoms with van der Waals surface area (Å²) in [6.07, 6.45) is 1.69. The number of para-hydroxylation sites is 1. The van der Waals surface area contributed by atoms with Crippen LogP contribution in [0.4, 0.5) is 0 Å². The maximum absolute atomic E-state index is 9.16. The molecule has 4 nitrogen and oxygen atoms in total. The molecule has 0 spiro atoms. The Bertz CT molecular complexity index is 409. The SMILES string of the molecule is CCOc1cccc(CNC(C)(CC)CCO)c1OC. The third-order valence-corrected chi connectivity index (χ3v) is 3.71. The number of hydrogen-bond acceptors (Lipinski definition) is 4. The van der Waals surface area contributed by atoms with Gasteiger partial charge in [0.25, 0.3) is 0 Å². The van der Waals surface area contributed by atoms with Crippen LogP contribution in [0.2, 0.25) is 0 Å². The van der Waals surface area contributed by atoms with Crippen LogP contribution in [0.15, 0.2) is 18.2 Å². The molecule has 0 heterocycles. The summed E-state index contributed by atoms with van der Waals surface area (Å²) in [7, 11) is 1.66. The summed E-state index contributed by atoms with van der Waals surface area (Å²) < 4.78 is 11.1. The molecule has 114 valence electrons. The monoisotopic (exact) mass is 281 g/mol. The van der Waals surface area contributed by atoms with Gasteiger partial charge >= 0.3 is 0 Å². The Morgan fingerprint density at radius 1 is 1.30 bits per heavy atom. The molecule has 0 aliphatic heterocycles. The Morgan fingerprint density at radius 2 is 2.05 bits per heavy atom. The van der Waals surface area contributed by atoms with E-state index >= 15 is 0 Å². The Labute approximate surface area is 122 Å². The summed E-state index contributed by atoms with van der Waals surface area (Å²) in [5.74, 6) is 1.55. The summed E-state index contributed by atoms with van der Waals surface area (Å²) in [6.45, 7) is 7.70. The molecule has 1 rings (SSSR count). The molecular weight excluding hydrogens is 254 g/mol. The van der Waals surface area contributed by atoms with Gasteiger partial charge in [-0.05, 0) is 32.8 Å². The number of rotatable bonds is 9. The van der Waals surface area contributed by atoms with Gasteiger partial charge in [-0.3, -0.25) is 0 Å². The zero-order chi connectivity index (χ0) is 15.0. The number of nitrogens with one attached hydrogen (secondary N) is 1. The fourth-order valence-electron chi connectivity index (χ4n) is 2.15. The number of methoxy groups -OCH3 is 1. The van der Waals surface area contributed by atoms with Crippen LogP contribution in [-0.4, -0.2) is 31.0 Å². The van der Waals surface area contributed by atoms with E-state index in [0.717, 1.165) is 29.9 Å². The summed E-state index contributed by atoms with van der Waals surface area (Å²) in [6, 6.07) is 5.92. The van der Waals surface area contributed by atoms with Gasteiger partial charge in [-0.15, -0.1) is 0 Å². The van der Waals surface area contributed by atoms with Crippen molar-refractivity contribution < 1.29 is 14.6 Å². The molecule has 0 saturated carbocycles. The summed E-state index contributed by atoms with van der Waals surface area (Å²) in [5.41, 5.74) is 0.998.